The molecule has 5 nitrogen and oxygen atoms in total. The van der Waals surface area contributed by atoms with Gasteiger partial charge in [0.25, 0.3) is 0 Å². The fourth-order valence-electron chi connectivity index (χ4n) is 2.31. The fourth-order valence-corrected chi connectivity index (χ4v) is 2.77. The Balaban J connectivity index is 2.57. The predicted molar refractivity (Wildman–Crippen MR) is 83.7 cm³/mol. The maximum atomic E-state index is 9.58. The number of hydrogen-bond donors (Lipinski definition) is 1. The van der Waals surface area contributed by atoms with E-state index in [1.165, 1.54) is 4.52 Å². The van der Waals surface area contributed by atoms with E-state index in [0.29, 0.717) is 21.1 Å². The standard InChI is InChI=1S/C15H8BrN5/c1-19-13-12(9-5-3-2-4-6-9)10(7-17)14-11(16)8-20-21(14)15(13)18/h2-6,8H,18H2. The van der Waals surface area contributed by atoms with Crippen molar-refractivity contribution in [2.45, 2.75) is 0 Å². The first-order valence-corrected chi connectivity index (χ1v) is 6.80. The largest absolute Gasteiger partial charge is 0.392 e. The molecule has 0 saturated heterocycles. The molecule has 0 saturated carbocycles. The molecule has 0 bridgehead atoms. The minimum Gasteiger partial charge on any atom is -0.392 e. The summed E-state index contributed by atoms with van der Waals surface area (Å²) in [5.41, 5.74) is 8.57. The minimum absolute atomic E-state index is 0.226. The Kier molecular flexibility index (Phi) is 3.09. The third kappa shape index (κ3) is 1.85. The number of nitrogen functional groups attached to an aromatic ring is 1. The van der Waals surface area contributed by atoms with Crippen LogP contribution < -0.4 is 5.73 Å². The van der Waals surface area contributed by atoms with Crippen molar-refractivity contribution >= 4 is 33.0 Å². The molecule has 0 atom stereocenters. The number of hydrogen-bond acceptors (Lipinski definition) is 3. The molecule has 3 rings (SSSR count). The predicted octanol–water partition coefficient (Wildman–Crippen LogP) is 3.77. The van der Waals surface area contributed by atoms with Crippen LogP contribution in [0.1, 0.15) is 5.56 Å². The molecular weight excluding hydrogens is 330 g/mol. The Labute approximate surface area is 129 Å². The average Bonchev–Trinajstić information content (AvgIpc) is 2.90. The number of fused-ring (bicyclic) bond motifs is 1. The molecule has 0 radical (unpaired) electrons. The van der Waals surface area contributed by atoms with Crippen LogP contribution in [0.15, 0.2) is 41.0 Å². The van der Waals surface area contributed by atoms with Gasteiger partial charge >= 0.3 is 0 Å². The molecule has 0 unspecified atom stereocenters. The first kappa shape index (κ1) is 13.2. The van der Waals surface area contributed by atoms with E-state index in [4.69, 9.17) is 12.3 Å². The van der Waals surface area contributed by atoms with Crippen molar-refractivity contribution in [1.29, 1.82) is 5.26 Å². The van der Waals surface area contributed by atoms with E-state index in [9.17, 15) is 5.26 Å². The summed E-state index contributed by atoms with van der Waals surface area (Å²) in [6.07, 6.45) is 1.56. The van der Waals surface area contributed by atoms with Gasteiger partial charge in [-0.2, -0.15) is 10.4 Å². The van der Waals surface area contributed by atoms with Gasteiger partial charge in [0.05, 0.1) is 28.3 Å². The van der Waals surface area contributed by atoms with Crippen LogP contribution in [0.4, 0.5) is 11.5 Å². The van der Waals surface area contributed by atoms with Crippen molar-refractivity contribution in [3.63, 3.8) is 0 Å². The summed E-state index contributed by atoms with van der Waals surface area (Å²) < 4.78 is 2.09. The molecule has 100 valence electrons. The van der Waals surface area contributed by atoms with E-state index in [1.807, 2.05) is 30.3 Å². The first-order chi connectivity index (χ1) is 10.2. The summed E-state index contributed by atoms with van der Waals surface area (Å²) >= 11 is 3.38. The highest BCUT2D eigenvalue weighted by Gasteiger charge is 2.22. The monoisotopic (exact) mass is 337 g/mol. The molecule has 0 aliphatic heterocycles. The number of rotatable bonds is 1. The lowest BCUT2D eigenvalue weighted by Crippen LogP contribution is -2.02. The van der Waals surface area contributed by atoms with Gasteiger partial charge < -0.3 is 5.73 Å². The molecule has 1 aromatic carbocycles. The number of pyridine rings is 1. The quantitative estimate of drug-likeness (QED) is 0.687. The molecule has 3 aromatic rings. The van der Waals surface area contributed by atoms with E-state index in [-0.39, 0.29) is 11.5 Å². The lowest BCUT2D eigenvalue weighted by molar-refractivity contribution is 0.975. The molecule has 2 N–H and O–H groups in total. The van der Waals surface area contributed by atoms with E-state index >= 15 is 0 Å². The Hall–Kier alpha value is -2.83. The van der Waals surface area contributed by atoms with Crippen LogP contribution in [0.2, 0.25) is 0 Å². The van der Waals surface area contributed by atoms with E-state index < -0.39 is 0 Å². The average molecular weight is 338 g/mol. The SMILES string of the molecule is [C-]#[N+]c1c(-c2ccccc2)c(C#N)c2c(Br)cnn2c1N. The minimum atomic E-state index is 0.226. The second-order valence-electron chi connectivity index (χ2n) is 4.33. The van der Waals surface area contributed by atoms with Gasteiger partial charge in [0.2, 0.25) is 5.69 Å². The maximum Gasteiger partial charge on any atom is 0.237 e. The summed E-state index contributed by atoms with van der Waals surface area (Å²) in [5.74, 6) is 0.226. The highest BCUT2D eigenvalue weighted by molar-refractivity contribution is 9.10. The van der Waals surface area contributed by atoms with Crippen molar-refractivity contribution in [3.8, 4) is 17.2 Å². The molecule has 0 aliphatic carbocycles. The smallest absolute Gasteiger partial charge is 0.237 e. The second kappa shape index (κ2) is 4.93. The summed E-state index contributed by atoms with van der Waals surface area (Å²) in [5, 5.41) is 13.7. The Morgan fingerprint density at radius 2 is 2.05 bits per heavy atom. The molecule has 0 aliphatic rings. The maximum absolute atomic E-state index is 9.58. The van der Waals surface area contributed by atoms with Gasteiger partial charge in [0.15, 0.2) is 0 Å². The third-order valence-corrected chi connectivity index (χ3v) is 3.79. The summed E-state index contributed by atoms with van der Waals surface area (Å²) in [4.78, 5) is 3.51. The van der Waals surface area contributed by atoms with Gasteiger partial charge in [0, 0.05) is 5.56 Å². The first-order valence-electron chi connectivity index (χ1n) is 6.00. The van der Waals surface area contributed by atoms with E-state index in [2.05, 4.69) is 31.9 Å². The zero-order chi connectivity index (χ0) is 15.0. The Morgan fingerprint density at radius 3 is 2.67 bits per heavy atom. The topological polar surface area (TPSA) is 71.5 Å². The van der Waals surface area contributed by atoms with Crippen molar-refractivity contribution in [2.75, 3.05) is 5.73 Å². The Morgan fingerprint density at radius 1 is 1.33 bits per heavy atom. The van der Waals surface area contributed by atoms with Crippen molar-refractivity contribution < 1.29 is 0 Å². The number of nitrogens with two attached hydrogens (primary N) is 1. The summed E-state index contributed by atoms with van der Waals surface area (Å²) in [6.45, 7) is 7.41. The van der Waals surface area contributed by atoms with Gasteiger partial charge in [-0.05, 0) is 21.5 Å². The third-order valence-electron chi connectivity index (χ3n) is 3.21. The number of halogens is 1. The normalized spacial score (nSPS) is 10.2. The van der Waals surface area contributed by atoms with Gasteiger partial charge in [0.1, 0.15) is 11.9 Å². The lowest BCUT2D eigenvalue weighted by atomic mass is 9.98. The molecule has 0 fully saturated rings. The molecule has 0 spiro atoms. The van der Waals surface area contributed by atoms with Crippen LogP contribution in [0.25, 0.3) is 21.5 Å². The van der Waals surface area contributed by atoms with Gasteiger partial charge in [-0.15, -0.1) is 0 Å². The zero-order valence-electron chi connectivity index (χ0n) is 10.7. The van der Waals surface area contributed by atoms with Crippen LogP contribution in [0, 0.1) is 17.9 Å². The molecule has 2 aromatic heterocycles. The molecule has 6 heteroatoms. The highest BCUT2D eigenvalue weighted by atomic mass is 79.9. The molecule has 21 heavy (non-hydrogen) atoms. The van der Waals surface area contributed by atoms with Crippen LogP contribution in [-0.2, 0) is 0 Å². The zero-order valence-corrected chi connectivity index (χ0v) is 12.3. The lowest BCUT2D eigenvalue weighted by Gasteiger charge is -2.12. The number of aromatic nitrogens is 2. The van der Waals surface area contributed by atoms with Crippen molar-refractivity contribution in [2.24, 2.45) is 0 Å². The fraction of sp³-hybridized carbons (Fsp3) is 0. The molecular formula is C15H8BrN5. The van der Waals surface area contributed by atoms with Gasteiger partial charge in [-0.25, -0.2) is 9.36 Å². The van der Waals surface area contributed by atoms with Crippen molar-refractivity contribution in [3.05, 3.63) is 58.0 Å². The second-order valence-corrected chi connectivity index (χ2v) is 5.18. The van der Waals surface area contributed by atoms with Gasteiger partial charge in [-0.1, -0.05) is 30.3 Å². The van der Waals surface area contributed by atoms with Crippen LogP contribution in [-0.4, -0.2) is 9.61 Å². The van der Waals surface area contributed by atoms with Crippen LogP contribution in [0.3, 0.4) is 0 Å². The number of nitrogens with zero attached hydrogens (tertiary/aromatic N) is 4. The highest BCUT2D eigenvalue weighted by Crippen LogP contribution is 2.41. The van der Waals surface area contributed by atoms with E-state index in [0.717, 1.165) is 5.56 Å². The Bertz CT molecular complexity index is 929. The van der Waals surface area contributed by atoms with Gasteiger partial charge in [-0.3, -0.25) is 0 Å². The van der Waals surface area contributed by atoms with Crippen molar-refractivity contribution in [1.82, 2.24) is 9.61 Å². The van der Waals surface area contributed by atoms with Crippen LogP contribution in [0.5, 0.6) is 0 Å². The number of nitriles is 1. The molecule has 2 heterocycles. The summed E-state index contributed by atoms with van der Waals surface area (Å²) in [7, 11) is 0. The molecule has 0 amide bonds. The number of benzene rings is 1. The van der Waals surface area contributed by atoms with Crippen LogP contribution >= 0.6 is 15.9 Å². The van der Waals surface area contributed by atoms with E-state index in [1.54, 1.807) is 6.20 Å². The number of anilines is 1. The summed E-state index contributed by atoms with van der Waals surface area (Å²) in [6, 6.07) is 11.5.